The van der Waals surface area contributed by atoms with Crippen LogP contribution in [-0.2, 0) is 4.79 Å². The van der Waals surface area contributed by atoms with E-state index in [1.54, 1.807) is 38.3 Å². The lowest BCUT2D eigenvalue weighted by Crippen LogP contribution is -2.36. The van der Waals surface area contributed by atoms with Crippen LogP contribution in [-0.4, -0.2) is 31.7 Å². The monoisotopic (exact) mass is 275 g/mol. The number of hydrogen-bond donors (Lipinski definition) is 1. The van der Waals surface area contributed by atoms with E-state index < -0.39 is 5.91 Å². The van der Waals surface area contributed by atoms with Gasteiger partial charge >= 0.3 is 0 Å². The highest BCUT2D eigenvalue weighted by Crippen LogP contribution is 2.29. The molecule has 0 heterocycles. The molecule has 0 aliphatic rings. The van der Waals surface area contributed by atoms with Gasteiger partial charge < -0.3 is 9.47 Å². The van der Waals surface area contributed by atoms with Crippen LogP contribution in [0.3, 0.4) is 0 Å². The number of hydrogen-bond acceptors (Lipinski definition) is 5. The molecule has 1 aromatic carbocycles. The van der Waals surface area contributed by atoms with Crippen LogP contribution in [0.5, 0.6) is 11.5 Å². The zero-order chi connectivity index (χ0) is 15.1. The molecule has 0 atom stereocenters. The molecular formula is C14H17N3O3. The molecule has 1 amide bonds. The second-order valence-electron chi connectivity index (χ2n) is 3.82. The third-order valence-corrected chi connectivity index (χ3v) is 2.60. The molecule has 0 fully saturated rings. The van der Waals surface area contributed by atoms with E-state index in [4.69, 9.17) is 14.7 Å². The molecule has 0 aromatic heterocycles. The van der Waals surface area contributed by atoms with E-state index in [0.29, 0.717) is 23.7 Å². The lowest BCUT2D eigenvalue weighted by atomic mass is 10.2. The van der Waals surface area contributed by atoms with Gasteiger partial charge in [0.05, 0.1) is 19.9 Å². The van der Waals surface area contributed by atoms with Crippen molar-refractivity contribution in [2.75, 3.05) is 26.2 Å². The van der Waals surface area contributed by atoms with E-state index in [1.807, 2.05) is 0 Å². The van der Waals surface area contributed by atoms with Gasteiger partial charge in [-0.1, -0.05) is 6.58 Å². The van der Waals surface area contributed by atoms with Gasteiger partial charge in [-0.3, -0.25) is 15.2 Å². The minimum absolute atomic E-state index is 0.125. The number of nitriles is 1. The first-order valence-electron chi connectivity index (χ1n) is 5.96. The molecule has 1 rings (SSSR count). The Bertz CT molecular complexity index is 549. The quantitative estimate of drug-likeness (QED) is 0.488. The van der Waals surface area contributed by atoms with Gasteiger partial charge in [0.15, 0.2) is 11.5 Å². The van der Waals surface area contributed by atoms with Crippen molar-refractivity contribution in [2.45, 2.75) is 6.92 Å². The molecule has 0 spiro atoms. The number of amides is 1. The third-order valence-electron chi connectivity index (χ3n) is 2.60. The number of nitrogens with zero attached hydrogens (tertiary/aromatic N) is 2. The standard InChI is InChI=1S/C14H17N3O3/c1-5-17(14(18)10(2)9-15)16-11-6-7-12(19-3)13(8-11)20-4/h6-8,16H,2,5H2,1,3-4H3. The fourth-order valence-electron chi connectivity index (χ4n) is 1.55. The summed E-state index contributed by atoms with van der Waals surface area (Å²) in [7, 11) is 3.08. The van der Waals surface area contributed by atoms with Crippen LogP contribution in [0.4, 0.5) is 5.69 Å². The Balaban J connectivity index is 2.94. The number of nitrogens with one attached hydrogen (secondary N) is 1. The number of methoxy groups -OCH3 is 2. The topological polar surface area (TPSA) is 74.6 Å². The van der Waals surface area contributed by atoms with E-state index >= 15 is 0 Å². The van der Waals surface area contributed by atoms with Gasteiger partial charge in [0.1, 0.15) is 11.6 Å². The maximum Gasteiger partial charge on any atom is 0.282 e. The zero-order valence-electron chi connectivity index (χ0n) is 11.8. The lowest BCUT2D eigenvalue weighted by molar-refractivity contribution is -0.125. The van der Waals surface area contributed by atoms with E-state index in [1.165, 1.54) is 12.1 Å². The Labute approximate surface area is 118 Å². The maximum atomic E-state index is 11.9. The van der Waals surface area contributed by atoms with Gasteiger partial charge in [0, 0.05) is 12.6 Å². The summed E-state index contributed by atoms with van der Waals surface area (Å²) in [5, 5.41) is 10.0. The molecule has 20 heavy (non-hydrogen) atoms. The SMILES string of the molecule is C=C(C#N)C(=O)N(CC)Nc1ccc(OC)c(OC)c1. The first-order valence-corrected chi connectivity index (χ1v) is 5.96. The Hall–Kier alpha value is -2.68. The van der Waals surface area contributed by atoms with Crippen LogP contribution in [0.15, 0.2) is 30.4 Å². The van der Waals surface area contributed by atoms with Gasteiger partial charge in [-0.2, -0.15) is 5.26 Å². The highest BCUT2D eigenvalue weighted by Gasteiger charge is 2.15. The highest BCUT2D eigenvalue weighted by molar-refractivity contribution is 5.97. The Morgan fingerprint density at radius 3 is 2.55 bits per heavy atom. The van der Waals surface area contributed by atoms with E-state index in [-0.39, 0.29) is 5.57 Å². The minimum atomic E-state index is -0.468. The Morgan fingerprint density at radius 1 is 1.40 bits per heavy atom. The minimum Gasteiger partial charge on any atom is -0.493 e. The Kier molecular flexibility index (Phi) is 5.42. The molecule has 0 unspecified atom stereocenters. The van der Waals surface area contributed by atoms with Crippen molar-refractivity contribution < 1.29 is 14.3 Å². The second kappa shape index (κ2) is 7.04. The summed E-state index contributed by atoms with van der Waals surface area (Å²) in [6.07, 6.45) is 0. The summed E-state index contributed by atoms with van der Waals surface area (Å²) >= 11 is 0. The van der Waals surface area contributed by atoms with E-state index in [0.717, 1.165) is 0 Å². The molecular weight excluding hydrogens is 258 g/mol. The lowest BCUT2D eigenvalue weighted by Gasteiger charge is -2.22. The molecule has 0 saturated carbocycles. The maximum absolute atomic E-state index is 11.9. The van der Waals surface area contributed by atoms with Crippen LogP contribution in [0, 0.1) is 11.3 Å². The first-order chi connectivity index (χ1) is 9.57. The molecule has 1 N–H and O–H groups in total. The summed E-state index contributed by atoms with van der Waals surface area (Å²) in [6.45, 7) is 5.58. The molecule has 0 aliphatic heterocycles. The highest BCUT2D eigenvalue weighted by atomic mass is 16.5. The van der Waals surface area contributed by atoms with Crippen molar-refractivity contribution >= 4 is 11.6 Å². The summed E-state index contributed by atoms with van der Waals surface area (Å²) in [4.78, 5) is 11.9. The summed E-state index contributed by atoms with van der Waals surface area (Å²) in [5.74, 6) is 0.666. The van der Waals surface area contributed by atoms with E-state index in [9.17, 15) is 4.79 Å². The number of carbonyl (C=O) groups is 1. The van der Waals surface area contributed by atoms with Gasteiger partial charge in [-0.25, -0.2) is 0 Å². The fraction of sp³-hybridized carbons (Fsp3) is 0.286. The Morgan fingerprint density at radius 2 is 2.05 bits per heavy atom. The summed E-state index contributed by atoms with van der Waals surface area (Å²) in [6, 6.07) is 6.90. The number of carbonyl (C=O) groups excluding carboxylic acids is 1. The molecule has 0 aliphatic carbocycles. The molecule has 0 bridgehead atoms. The predicted octanol–water partition coefficient (Wildman–Crippen LogP) is 1.96. The van der Waals surface area contributed by atoms with Crippen LogP contribution in [0.1, 0.15) is 6.92 Å². The smallest absolute Gasteiger partial charge is 0.282 e. The first kappa shape index (κ1) is 15.4. The summed E-state index contributed by atoms with van der Waals surface area (Å²) in [5.41, 5.74) is 3.42. The number of hydrazine groups is 1. The van der Waals surface area contributed by atoms with Crippen molar-refractivity contribution in [3.05, 3.63) is 30.4 Å². The third kappa shape index (κ3) is 3.42. The van der Waals surface area contributed by atoms with Gasteiger partial charge in [-0.05, 0) is 19.1 Å². The summed E-state index contributed by atoms with van der Waals surface area (Å²) < 4.78 is 10.3. The number of ether oxygens (including phenoxy) is 2. The average Bonchev–Trinajstić information content (AvgIpc) is 2.50. The number of rotatable bonds is 6. The molecule has 0 saturated heterocycles. The molecule has 0 radical (unpaired) electrons. The van der Waals surface area contributed by atoms with E-state index in [2.05, 4.69) is 12.0 Å². The molecule has 106 valence electrons. The van der Waals surface area contributed by atoms with Gasteiger partial charge in [0.2, 0.25) is 0 Å². The fourth-order valence-corrected chi connectivity index (χ4v) is 1.55. The van der Waals surface area contributed by atoms with Crippen LogP contribution in [0.2, 0.25) is 0 Å². The van der Waals surface area contributed by atoms with Gasteiger partial charge in [-0.15, -0.1) is 0 Å². The van der Waals surface area contributed by atoms with Crippen molar-refractivity contribution in [1.29, 1.82) is 5.26 Å². The molecule has 1 aromatic rings. The van der Waals surface area contributed by atoms with Gasteiger partial charge in [0.25, 0.3) is 5.91 Å². The van der Waals surface area contributed by atoms with Crippen molar-refractivity contribution in [3.8, 4) is 17.6 Å². The van der Waals surface area contributed by atoms with Crippen LogP contribution >= 0.6 is 0 Å². The van der Waals surface area contributed by atoms with Crippen molar-refractivity contribution in [1.82, 2.24) is 5.01 Å². The number of likely N-dealkylation sites (N-methyl/N-ethyl adjacent to an activating group) is 1. The van der Waals surface area contributed by atoms with Crippen molar-refractivity contribution in [3.63, 3.8) is 0 Å². The van der Waals surface area contributed by atoms with Crippen LogP contribution < -0.4 is 14.9 Å². The largest absolute Gasteiger partial charge is 0.493 e. The number of benzene rings is 1. The predicted molar refractivity (Wildman–Crippen MR) is 75.3 cm³/mol. The number of anilines is 1. The average molecular weight is 275 g/mol. The second-order valence-corrected chi connectivity index (χ2v) is 3.82. The molecule has 6 heteroatoms. The zero-order valence-corrected chi connectivity index (χ0v) is 11.8. The van der Waals surface area contributed by atoms with Crippen LogP contribution in [0.25, 0.3) is 0 Å². The van der Waals surface area contributed by atoms with Crippen molar-refractivity contribution in [2.24, 2.45) is 0 Å². The normalized spacial score (nSPS) is 9.30. The molecule has 6 nitrogen and oxygen atoms in total.